The third-order valence-corrected chi connectivity index (χ3v) is 2.79. The molecule has 15 heavy (non-hydrogen) atoms. The van der Waals surface area contributed by atoms with Gasteiger partial charge < -0.3 is 10.1 Å². The number of rotatable bonds is 4. The van der Waals surface area contributed by atoms with Gasteiger partial charge in [-0.25, -0.2) is 4.98 Å². The fourth-order valence-corrected chi connectivity index (χ4v) is 1.83. The van der Waals surface area contributed by atoms with Gasteiger partial charge >= 0.3 is 0 Å². The van der Waals surface area contributed by atoms with Crippen LogP contribution in [0, 0.1) is 5.92 Å². The molecule has 2 rings (SSSR count). The minimum Gasteiger partial charge on any atom is -0.373 e. The van der Waals surface area contributed by atoms with Crippen molar-refractivity contribution in [2.45, 2.75) is 19.4 Å². The van der Waals surface area contributed by atoms with E-state index in [1.807, 2.05) is 7.05 Å². The van der Waals surface area contributed by atoms with Crippen molar-refractivity contribution in [1.82, 2.24) is 20.1 Å². The van der Waals surface area contributed by atoms with E-state index in [9.17, 15) is 0 Å². The van der Waals surface area contributed by atoms with Gasteiger partial charge in [0.25, 0.3) is 0 Å². The third kappa shape index (κ3) is 3.00. The van der Waals surface area contributed by atoms with E-state index in [0.29, 0.717) is 12.5 Å². The second kappa shape index (κ2) is 5.23. The topological polar surface area (TPSA) is 52.0 Å². The van der Waals surface area contributed by atoms with Crippen molar-refractivity contribution in [3.05, 3.63) is 12.2 Å². The standard InChI is InChI=1S/C10H18N4O/c1-14-10(12-8-13-14)7-15-6-9-3-2-4-11-5-9/h8-9,11H,2-7H2,1H3. The van der Waals surface area contributed by atoms with Crippen LogP contribution in [0.4, 0.5) is 0 Å². The number of piperidine rings is 1. The number of aromatic nitrogens is 3. The first kappa shape index (κ1) is 10.6. The van der Waals surface area contributed by atoms with E-state index >= 15 is 0 Å². The van der Waals surface area contributed by atoms with Gasteiger partial charge in [0, 0.05) is 13.6 Å². The molecule has 1 N–H and O–H groups in total. The Morgan fingerprint density at radius 3 is 3.27 bits per heavy atom. The fourth-order valence-electron chi connectivity index (χ4n) is 1.83. The Balaban J connectivity index is 1.68. The van der Waals surface area contributed by atoms with E-state index < -0.39 is 0 Å². The Morgan fingerprint density at radius 1 is 1.67 bits per heavy atom. The number of hydrogen-bond acceptors (Lipinski definition) is 4. The second-order valence-electron chi connectivity index (χ2n) is 4.03. The molecule has 0 aromatic carbocycles. The molecule has 0 saturated carbocycles. The molecule has 0 bridgehead atoms. The van der Waals surface area contributed by atoms with Gasteiger partial charge in [0.2, 0.25) is 0 Å². The average Bonchev–Trinajstić information content (AvgIpc) is 2.66. The highest BCUT2D eigenvalue weighted by atomic mass is 16.5. The van der Waals surface area contributed by atoms with E-state index in [1.54, 1.807) is 11.0 Å². The molecule has 0 spiro atoms. The third-order valence-electron chi connectivity index (χ3n) is 2.79. The maximum absolute atomic E-state index is 5.64. The molecular formula is C10H18N4O. The first-order chi connectivity index (χ1) is 7.36. The summed E-state index contributed by atoms with van der Waals surface area (Å²) in [4.78, 5) is 4.11. The van der Waals surface area contributed by atoms with Crippen LogP contribution < -0.4 is 5.32 Å². The summed E-state index contributed by atoms with van der Waals surface area (Å²) in [5.41, 5.74) is 0. The van der Waals surface area contributed by atoms with E-state index in [0.717, 1.165) is 25.5 Å². The quantitative estimate of drug-likeness (QED) is 0.778. The zero-order valence-corrected chi connectivity index (χ0v) is 9.15. The van der Waals surface area contributed by atoms with Crippen molar-refractivity contribution in [2.75, 3.05) is 19.7 Å². The minimum atomic E-state index is 0.562. The molecule has 0 radical (unpaired) electrons. The lowest BCUT2D eigenvalue weighted by atomic mass is 10.0. The summed E-state index contributed by atoms with van der Waals surface area (Å²) >= 11 is 0. The zero-order chi connectivity index (χ0) is 10.5. The molecule has 5 nitrogen and oxygen atoms in total. The number of aryl methyl sites for hydroxylation is 1. The first-order valence-electron chi connectivity index (χ1n) is 5.47. The highest BCUT2D eigenvalue weighted by Gasteiger charge is 2.13. The van der Waals surface area contributed by atoms with Crippen LogP contribution in [-0.2, 0) is 18.4 Å². The van der Waals surface area contributed by atoms with Gasteiger partial charge in [-0.3, -0.25) is 4.68 Å². The van der Waals surface area contributed by atoms with Crippen LogP contribution in [0.2, 0.25) is 0 Å². The number of nitrogens with one attached hydrogen (secondary N) is 1. The Hall–Kier alpha value is -0.940. The maximum Gasteiger partial charge on any atom is 0.152 e. The number of hydrogen-bond donors (Lipinski definition) is 1. The molecule has 1 fully saturated rings. The minimum absolute atomic E-state index is 0.562. The molecule has 1 saturated heterocycles. The van der Waals surface area contributed by atoms with E-state index in [2.05, 4.69) is 15.4 Å². The molecule has 1 aromatic rings. The van der Waals surface area contributed by atoms with Gasteiger partial charge in [-0.2, -0.15) is 5.10 Å². The van der Waals surface area contributed by atoms with Crippen LogP contribution in [0.1, 0.15) is 18.7 Å². The van der Waals surface area contributed by atoms with Crippen LogP contribution in [0.3, 0.4) is 0 Å². The predicted molar refractivity (Wildman–Crippen MR) is 56.3 cm³/mol. The Bertz CT molecular complexity index is 293. The van der Waals surface area contributed by atoms with Crippen molar-refractivity contribution >= 4 is 0 Å². The lowest BCUT2D eigenvalue weighted by Gasteiger charge is -2.22. The Labute approximate surface area is 89.8 Å². The van der Waals surface area contributed by atoms with E-state index in [1.165, 1.54) is 12.8 Å². The summed E-state index contributed by atoms with van der Waals surface area (Å²) in [7, 11) is 1.88. The Kier molecular flexibility index (Phi) is 3.69. The molecule has 1 unspecified atom stereocenters. The predicted octanol–water partition coefficient (Wildman–Crippen LogP) is 0.331. The number of ether oxygens (including phenoxy) is 1. The lowest BCUT2D eigenvalue weighted by molar-refractivity contribution is 0.0725. The highest BCUT2D eigenvalue weighted by molar-refractivity contribution is 4.79. The van der Waals surface area contributed by atoms with Gasteiger partial charge in [0.1, 0.15) is 12.9 Å². The SMILES string of the molecule is Cn1ncnc1COCC1CCCNC1. The highest BCUT2D eigenvalue weighted by Crippen LogP contribution is 2.10. The van der Waals surface area contributed by atoms with Crippen LogP contribution in [0.25, 0.3) is 0 Å². The Morgan fingerprint density at radius 2 is 2.60 bits per heavy atom. The summed E-state index contributed by atoms with van der Waals surface area (Å²) in [6.45, 7) is 3.62. The smallest absolute Gasteiger partial charge is 0.152 e. The van der Waals surface area contributed by atoms with Gasteiger partial charge in [-0.1, -0.05) is 0 Å². The van der Waals surface area contributed by atoms with Crippen molar-refractivity contribution in [2.24, 2.45) is 13.0 Å². The molecule has 2 heterocycles. The monoisotopic (exact) mass is 210 g/mol. The van der Waals surface area contributed by atoms with Crippen LogP contribution in [0.15, 0.2) is 6.33 Å². The molecule has 1 aliphatic rings. The molecular weight excluding hydrogens is 192 g/mol. The molecule has 0 amide bonds. The van der Waals surface area contributed by atoms with Gasteiger partial charge in [-0.15, -0.1) is 0 Å². The summed E-state index contributed by atoms with van der Waals surface area (Å²) in [5, 5.41) is 7.37. The molecule has 84 valence electrons. The lowest BCUT2D eigenvalue weighted by Crippen LogP contribution is -2.32. The summed E-state index contributed by atoms with van der Waals surface area (Å²) in [5.74, 6) is 1.55. The van der Waals surface area contributed by atoms with Gasteiger partial charge in [0.15, 0.2) is 5.82 Å². The van der Waals surface area contributed by atoms with Crippen LogP contribution in [0.5, 0.6) is 0 Å². The summed E-state index contributed by atoms with van der Waals surface area (Å²) in [6.07, 6.45) is 4.09. The molecule has 1 aliphatic heterocycles. The maximum atomic E-state index is 5.64. The average molecular weight is 210 g/mol. The largest absolute Gasteiger partial charge is 0.373 e. The van der Waals surface area contributed by atoms with Crippen molar-refractivity contribution in [3.8, 4) is 0 Å². The van der Waals surface area contributed by atoms with Gasteiger partial charge in [0.05, 0.1) is 6.61 Å². The second-order valence-corrected chi connectivity index (χ2v) is 4.03. The van der Waals surface area contributed by atoms with Crippen molar-refractivity contribution < 1.29 is 4.74 Å². The molecule has 1 aromatic heterocycles. The van der Waals surface area contributed by atoms with Gasteiger partial charge in [-0.05, 0) is 25.3 Å². The zero-order valence-electron chi connectivity index (χ0n) is 9.15. The first-order valence-corrected chi connectivity index (χ1v) is 5.47. The number of nitrogens with zero attached hydrogens (tertiary/aromatic N) is 3. The van der Waals surface area contributed by atoms with E-state index in [-0.39, 0.29) is 0 Å². The van der Waals surface area contributed by atoms with Crippen LogP contribution >= 0.6 is 0 Å². The fraction of sp³-hybridized carbons (Fsp3) is 0.800. The van der Waals surface area contributed by atoms with E-state index in [4.69, 9.17) is 4.74 Å². The van der Waals surface area contributed by atoms with Crippen molar-refractivity contribution in [3.63, 3.8) is 0 Å². The molecule has 1 atom stereocenters. The van der Waals surface area contributed by atoms with Crippen LogP contribution in [-0.4, -0.2) is 34.5 Å². The molecule has 5 heteroatoms. The van der Waals surface area contributed by atoms with Crippen molar-refractivity contribution in [1.29, 1.82) is 0 Å². The summed E-state index contributed by atoms with van der Waals surface area (Å²) < 4.78 is 7.38. The summed E-state index contributed by atoms with van der Waals surface area (Å²) in [6, 6.07) is 0. The molecule has 0 aliphatic carbocycles. The normalized spacial score (nSPS) is 21.8.